The molecule has 1 aromatic rings. The summed E-state index contributed by atoms with van der Waals surface area (Å²) in [6.07, 6.45) is 0. The highest BCUT2D eigenvalue weighted by atomic mass is 35.5. The van der Waals surface area contributed by atoms with Gasteiger partial charge in [0.25, 0.3) is 0 Å². The van der Waals surface area contributed by atoms with Crippen LogP contribution in [0.2, 0.25) is 5.02 Å². The van der Waals surface area contributed by atoms with Crippen LogP contribution < -0.4 is 0 Å². The predicted molar refractivity (Wildman–Crippen MR) is 96.6 cm³/mol. The minimum absolute atomic E-state index is 0.0554. The van der Waals surface area contributed by atoms with Gasteiger partial charge in [0.2, 0.25) is 5.96 Å². The summed E-state index contributed by atoms with van der Waals surface area (Å²) in [4.78, 5) is 9.23. The van der Waals surface area contributed by atoms with Crippen molar-refractivity contribution in [2.75, 3.05) is 33.2 Å². The zero-order chi connectivity index (χ0) is 17.4. The Balaban J connectivity index is 2.05. The van der Waals surface area contributed by atoms with E-state index in [1.54, 1.807) is 6.07 Å². The summed E-state index contributed by atoms with van der Waals surface area (Å²) in [7, 11) is 2.11. The van der Waals surface area contributed by atoms with Crippen molar-refractivity contribution in [3.8, 4) is 0 Å². The molecule has 0 aromatic heterocycles. The Morgan fingerprint density at radius 1 is 1.25 bits per heavy atom. The molecule has 0 spiro atoms. The fourth-order valence-corrected chi connectivity index (χ4v) is 3.19. The SMILES string of the molecule is CC(C)=NN1C(N2CCN(C)CC2)=Nc2cc(F)c(Cl)cc2C1C. The van der Waals surface area contributed by atoms with E-state index in [-0.39, 0.29) is 11.1 Å². The van der Waals surface area contributed by atoms with Crippen molar-refractivity contribution in [3.63, 3.8) is 0 Å². The molecule has 130 valence electrons. The van der Waals surface area contributed by atoms with Crippen LogP contribution in [0.3, 0.4) is 0 Å². The van der Waals surface area contributed by atoms with Gasteiger partial charge in [-0.1, -0.05) is 11.6 Å². The number of halogens is 2. The van der Waals surface area contributed by atoms with Gasteiger partial charge in [-0.25, -0.2) is 14.4 Å². The second kappa shape index (κ2) is 6.69. The zero-order valence-corrected chi connectivity index (χ0v) is 15.3. The van der Waals surface area contributed by atoms with Crippen molar-refractivity contribution in [2.24, 2.45) is 10.1 Å². The molecule has 2 heterocycles. The van der Waals surface area contributed by atoms with Crippen LogP contribution >= 0.6 is 11.6 Å². The van der Waals surface area contributed by atoms with Crippen molar-refractivity contribution in [1.82, 2.24) is 14.8 Å². The first-order chi connectivity index (χ1) is 11.4. The van der Waals surface area contributed by atoms with Crippen LogP contribution in [0.25, 0.3) is 0 Å². The molecular formula is C17H23ClFN5. The summed E-state index contributed by atoms with van der Waals surface area (Å²) in [5.41, 5.74) is 2.48. The van der Waals surface area contributed by atoms with Crippen LogP contribution in [0.1, 0.15) is 32.4 Å². The van der Waals surface area contributed by atoms with E-state index >= 15 is 0 Å². The van der Waals surface area contributed by atoms with Crippen molar-refractivity contribution < 1.29 is 4.39 Å². The topological polar surface area (TPSA) is 34.4 Å². The number of hydrogen-bond donors (Lipinski definition) is 0. The molecule has 2 aliphatic rings. The Morgan fingerprint density at radius 3 is 2.54 bits per heavy atom. The molecule has 2 aliphatic heterocycles. The maximum Gasteiger partial charge on any atom is 0.223 e. The predicted octanol–water partition coefficient (Wildman–Crippen LogP) is 3.49. The average Bonchev–Trinajstić information content (AvgIpc) is 2.53. The van der Waals surface area contributed by atoms with Gasteiger partial charge >= 0.3 is 0 Å². The normalized spacial score (nSPS) is 21.4. The van der Waals surface area contributed by atoms with Gasteiger partial charge in [0, 0.05) is 43.5 Å². The number of rotatable bonds is 1. The van der Waals surface area contributed by atoms with Crippen molar-refractivity contribution in [3.05, 3.63) is 28.5 Å². The quantitative estimate of drug-likeness (QED) is 0.726. The first-order valence-electron chi connectivity index (χ1n) is 8.19. The summed E-state index contributed by atoms with van der Waals surface area (Å²) in [5.74, 6) is 0.346. The monoisotopic (exact) mass is 351 g/mol. The summed E-state index contributed by atoms with van der Waals surface area (Å²) in [6, 6.07) is 3.03. The van der Waals surface area contributed by atoms with Crippen molar-refractivity contribution in [1.29, 1.82) is 0 Å². The van der Waals surface area contributed by atoms with Gasteiger partial charge in [0.1, 0.15) is 5.82 Å². The van der Waals surface area contributed by atoms with E-state index in [0.29, 0.717) is 5.69 Å². The molecule has 1 unspecified atom stereocenters. The second-order valence-corrected chi connectivity index (χ2v) is 7.00. The third-order valence-electron chi connectivity index (χ3n) is 4.41. The number of nitrogens with zero attached hydrogens (tertiary/aromatic N) is 5. The summed E-state index contributed by atoms with van der Waals surface area (Å²) in [6.45, 7) is 9.66. The lowest BCUT2D eigenvalue weighted by Gasteiger charge is -2.41. The molecule has 1 atom stereocenters. The molecule has 0 bridgehead atoms. The Labute approximate surface area is 147 Å². The van der Waals surface area contributed by atoms with Gasteiger partial charge in [-0.3, -0.25) is 0 Å². The molecule has 0 N–H and O–H groups in total. The van der Waals surface area contributed by atoms with Crippen LogP contribution in [0.15, 0.2) is 22.2 Å². The smallest absolute Gasteiger partial charge is 0.223 e. The fourth-order valence-electron chi connectivity index (χ4n) is 3.02. The van der Waals surface area contributed by atoms with Crippen LogP contribution in [0, 0.1) is 5.82 Å². The van der Waals surface area contributed by atoms with Crippen LogP contribution in [0.4, 0.5) is 10.1 Å². The van der Waals surface area contributed by atoms with E-state index in [1.807, 2.05) is 25.8 Å². The maximum atomic E-state index is 13.9. The number of aliphatic imine (C=N–C) groups is 1. The summed E-state index contributed by atoms with van der Waals surface area (Å²) in [5, 5.41) is 6.72. The molecule has 7 heteroatoms. The maximum absolute atomic E-state index is 13.9. The Kier molecular flexibility index (Phi) is 4.78. The molecule has 0 saturated carbocycles. The van der Waals surface area contributed by atoms with Crippen LogP contribution in [0.5, 0.6) is 0 Å². The van der Waals surface area contributed by atoms with Gasteiger partial charge in [0.05, 0.1) is 16.8 Å². The molecular weight excluding hydrogens is 329 g/mol. The van der Waals surface area contributed by atoms with Gasteiger partial charge in [-0.2, -0.15) is 5.10 Å². The number of piperazine rings is 1. The summed E-state index contributed by atoms with van der Waals surface area (Å²) < 4.78 is 13.9. The van der Waals surface area contributed by atoms with E-state index in [4.69, 9.17) is 16.6 Å². The Morgan fingerprint density at radius 2 is 1.92 bits per heavy atom. The first kappa shape index (κ1) is 17.2. The lowest BCUT2D eigenvalue weighted by atomic mass is 10.0. The van der Waals surface area contributed by atoms with E-state index in [2.05, 4.69) is 21.9 Å². The number of hydrazone groups is 1. The molecule has 5 nitrogen and oxygen atoms in total. The average molecular weight is 352 g/mol. The molecule has 24 heavy (non-hydrogen) atoms. The Hall–Kier alpha value is -1.66. The van der Waals surface area contributed by atoms with Gasteiger partial charge in [0.15, 0.2) is 0 Å². The Bertz CT molecular complexity index is 690. The minimum atomic E-state index is -0.437. The first-order valence-corrected chi connectivity index (χ1v) is 8.57. The van der Waals surface area contributed by atoms with E-state index < -0.39 is 5.82 Å². The number of likely N-dealkylation sites (N-methyl/N-ethyl adjacent to an activating group) is 1. The van der Waals surface area contributed by atoms with Gasteiger partial charge < -0.3 is 9.80 Å². The van der Waals surface area contributed by atoms with E-state index in [9.17, 15) is 4.39 Å². The highest BCUT2D eigenvalue weighted by molar-refractivity contribution is 6.30. The lowest BCUT2D eigenvalue weighted by Crippen LogP contribution is -2.52. The van der Waals surface area contributed by atoms with Crippen molar-refractivity contribution >= 4 is 29.0 Å². The number of fused-ring (bicyclic) bond motifs is 1. The molecule has 1 saturated heterocycles. The molecule has 0 aliphatic carbocycles. The molecule has 1 fully saturated rings. The molecule has 1 aromatic carbocycles. The molecule has 0 amide bonds. The number of guanidine groups is 1. The van der Waals surface area contributed by atoms with Crippen molar-refractivity contribution in [2.45, 2.75) is 26.8 Å². The minimum Gasteiger partial charge on any atom is -0.338 e. The molecule has 3 rings (SSSR count). The third kappa shape index (κ3) is 3.26. The number of hydrogen-bond acceptors (Lipinski definition) is 5. The lowest BCUT2D eigenvalue weighted by molar-refractivity contribution is 0.186. The fraction of sp³-hybridized carbons (Fsp3) is 0.529. The zero-order valence-electron chi connectivity index (χ0n) is 14.6. The largest absolute Gasteiger partial charge is 0.338 e. The van der Waals surface area contributed by atoms with Gasteiger partial charge in [-0.15, -0.1) is 0 Å². The highest BCUT2D eigenvalue weighted by Gasteiger charge is 2.32. The third-order valence-corrected chi connectivity index (χ3v) is 4.70. The molecule has 0 radical (unpaired) electrons. The van der Waals surface area contributed by atoms with Crippen LogP contribution in [-0.2, 0) is 0 Å². The van der Waals surface area contributed by atoms with E-state index in [1.165, 1.54) is 6.07 Å². The second-order valence-electron chi connectivity index (χ2n) is 6.60. The van der Waals surface area contributed by atoms with Crippen LogP contribution in [-0.4, -0.2) is 59.7 Å². The number of benzene rings is 1. The van der Waals surface area contributed by atoms with E-state index in [0.717, 1.165) is 43.4 Å². The standard InChI is InChI=1S/C17H23ClFN5/c1-11(2)21-24-12(3)13-9-14(18)15(19)10-16(13)20-17(24)23-7-5-22(4)6-8-23/h9-10,12H,5-8H2,1-4H3. The summed E-state index contributed by atoms with van der Waals surface area (Å²) >= 11 is 5.97. The highest BCUT2D eigenvalue weighted by Crippen LogP contribution is 2.38. The van der Waals surface area contributed by atoms with Gasteiger partial charge in [-0.05, 0) is 33.9 Å².